The van der Waals surface area contributed by atoms with Crippen LogP contribution in [0.3, 0.4) is 0 Å². The van der Waals surface area contributed by atoms with Crippen LogP contribution in [0.25, 0.3) is 0 Å². The average molecular weight is 401 g/mol. The third-order valence-corrected chi connectivity index (χ3v) is 7.07. The van der Waals surface area contributed by atoms with Gasteiger partial charge in [0.1, 0.15) is 0 Å². The maximum Gasteiger partial charge on any atom is 0.255 e. The summed E-state index contributed by atoms with van der Waals surface area (Å²) in [6.45, 7) is 9.20. The summed E-state index contributed by atoms with van der Waals surface area (Å²) in [6.07, 6.45) is 1.05. The molecule has 1 amide bonds. The fourth-order valence-corrected chi connectivity index (χ4v) is 5.56. The van der Waals surface area contributed by atoms with Crippen LogP contribution >= 0.6 is 0 Å². The molecule has 0 aromatic heterocycles. The fraction of sp³-hybridized carbons (Fsp3) is 0.409. The number of anilines is 1. The third kappa shape index (κ3) is 4.45. The molecule has 1 aliphatic heterocycles. The first-order valence-corrected chi connectivity index (χ1v) is 11.1. The summed E-state index contributed by atoms with van der Waals surface area (Å²) in [5, 5.41) is 2.89. The number of carbonyl (C=O) groups excluding carboxylic acids is 1. The molecule has 0 bridgehead atoms. The van der Waals surface area contributed by atoms with Gasteiger partial charge in [-0.25, -0.2) is 8.42 Å². The minimum atomic E-state index is -3.54. The first kappa shape index (κ1) is 20.6. The SMILES string of the molecule is Cc1ccc(NC(=O)c2ccc(S(=O)(=O)N3C[C@@H](C)C[C@H](C)C3)cc2)c(C)c1. The van der Waals surface area contributed by atoms with E-state index in [4.69, 9.17) is 0 Å². The molecule has 1 heterocycles. The van der Waals surface area contributed by atoms with E-state index < -0.39 is 10.0 Å². The monoisotopic (exact) mass is 400 g/mol. The maximum atomic E-state index is 13.0. The maximum absolute atomic E-state index is 13.0. The molecule has 150 valence electrons. The Kier molecular flexibility index (Phi) is 5.91. The Morgan fingerprint density at radius 2 is 1.61 bits per heavy atom. The number of hydrogen-bond donors (Lipinski definition) is 1. The van der Waals surface area contributed by atoms with Crippen molar-refractivity contribution in [2.24, 2.45) is 11.8 Å². The molecule has 1 saturated heterocycles. The summed E-state index contributed by atoms with van der Waals surface area (Å²) in [5.41, 5.74) is 3.30. The molecular weight excluding hydrogens is 372 g/mol. The highest BCUT2D eigenvalue weighted by atomic mass is 32.2. The lowest BCUT2D eigenvalue weighted by Gasteiger charge is -2.34. The van der Waals surface area contributed by atoms with Crippen LogP contribution in [0.2, 0.25) is 0 Å². The molecule has 0 spiro atoms. The van der Waals surface area contributed by atoms with E-state index in [0.29, 0.717) is 30.5 Å². The van der Waals surface area contributed by atoms with Crippen molar-refractivity contribution in [1.82, 2.24) is 4.31 Å². The molecule has 1 aliphatic rings. The van der Waals surface area contributed by atoms with Crippen molar-refractivity contribution in [1.29, 1.82) is 0 Å². The van der Waals surface area contributed by atoms with E-state index >= 15 is 0 Å². The van der Waals surface area contributed by atoms with Gasteiger partial charge in [-0.3, -0.25) is 4.79 Å². The second-order valence-corrected chi connectivity index (χ2v) is 10.0. The van der Waals surface area contributed by atoms with Gasteiger partial charge >= 0.3 is 0 Å². The van der Waals surface area contributed by atoms with Gasteiger partial charge in [0.25, 0.3) is 5.91 Å². The summed E-state index contributed by atoms with van der Waals surface area (Å²) in [4.78, 5) is 12.8. The number of nitrogens with one attached hydrogen (secondary N) is 1. The summed E-state index contributed by atoms with van der Waals surface area (Å²) in [6, 6.07) is 12.0. The summed E-state index contributed by atoms with van der Waals surface area (Å²) < 4.78 is 27.5. The molecule has 28 heavy (non-hydrogen) atoms. The van der Waals surface area contributed by atoms with Crippen molar-refractivity contribution >= 4 is 21.6 Å². The lowest BCUT2D eigenvalue weighted by atomic mass is 9.94. The topological polar surface area (TPSA) is 66.5 Å². The molecule has 0 radical (unpaired) electrons. The minimum absolute atomic E-state index is 0.233. The molecule has 3 rings (SSSR count). The highest BCUT2D eigenvalue weighted by Crippen LogP contribution is 2.27. The van der Waals surface area contributed by atoms with Gasteiger partial charge in [0, 0.05) is 24.3 Å². The predicted molar refractivity (Wildman–Crippen MR) is 112 cm³/mol. The highest BCUT2D eigenvalue weighted by Gasteiger charge is 2.31. The van der Waals surface area contributed by atoms with Gasteiger partial charge in [-0.15, -0.1) is 0 Å². The third-order valence-electron chi connectivity index (χ3n) is 5.22. The Morgan fingerprint density at radius 1 is 1.00 bits per heavy atom. The Balaban J connectivity index is 1.76. The average Bonchev–Trinajstić information content (AvgIpc) is 2.63. The van der Waals surface area contributed by atoms with Crippen LogP contribution in [0.15, 0.2) is 47.4 Å². The van der Waals surface area contributed by atoms with E-state index in [1.807, 2.05) is 32.0 Å². The Hall–Kier alpha value is -2.18. The van der Waals surface area contributed by atoms with Gasteiger partial charge in [-0.2, -0.15) is 4.31 Å². The molecular formula is C22H28N2O3S. The van der Waals surface area contributed by atoms with Crippen molar-refractivity contribution in [3.05, 3.63) is 59.2 Å². The van der Waals surface area contributed by atoms with Crippen molar-refractivity contribution in [3.8, 4) is 0 Å². The second-order valence-electron chi connectivity index (χ2n) is 8.06. The molecule has 2 atom stereocenters. The molecule has 1 fully saturated rings. The van der Waals surface area contributed by atoms with Gasteiger partial charge in [0.05, 0.1) is 4.90 Å². The standard InChI is InChI=1S/C22H28N2O3S/c1-15-5-10-21(18(4)12-15)23-22(25)19-6-8-20(9-7-19)28(26,27)24-13-16(2)11-17(3)14-24/h5-10,12,16-17H,11,13-14H2,1-4H3,(H,23,25)/t16-,17-/m0/s1. The van der Waals surface area contributed by atoms with Crippen LogP contribution in [0.5, 0.6) is 0 Å². The number of sulfonamides is 1. The Bertz CT molecular complexity index is 958. The van der Waals surface area contributed by atoms with Crippen LogP contribution in [-0.2, 0) is 10.0 Å². The number of nitrogens with zero attached hydrogens (tertiary/aromatic N) is 1. The van der Waals surface area contributed by atoms with E-state index in [1.54, 1.807) is 16.4 Å². The quantitative estimate of drug-likeness (QED) is 0.835. The molecule has 6 heteroatoms. The number of amides is 1. The first-order valence-electron chi connectivity index (χ1n) is 9.65. The number of benzene rings is 2. The van der Waals surface area contributed by atoms with Gasteiger partial charge in [0.2, 0.25) is 10.0 Å². The Labute approximate surface area is 167 Å². The van der Waals surface area contributed by atoms with Crippen LogP contribution < -0.4 is 5.32 Å². The zero-order valence-electron chi connectivity index (χ0n) is 16.9. The zero-order chi connectivity index (χ0) is 20.5. The molecule has 5 nitrogen and oxygen atoms in total. The highest BCUT2D eigenvalue weighted by molar-refractivity contribution is 7.89. The van der Waals surface area contributed by atoms with Crippen molar-refractivity contribution in [3.63, 3.8) is 0 Å². The van der Waals surface area contributed by atoms with Crippen molar-refractivity contribution in [2.45, 2.75) is 39.0 Å². The van der Waals surface area contributed by atoms with Gasteiger partial charge in [-0.1, -0.05) is 31.5 Å². The number of carbonyl (C=O) groups is 1. The van der Waals surface area contributed by atoms with E-state index in [1.165, 1.54) is 12.1 Å². The minimum Gasteiger partial charge on any atom is -0.322 e. The molecule has 1 N–H and O–H groups in total. The lowest BCUT2D eigenvalue weighted by molar-refractivity contribution is 0.102. The molecule has 0 unspecified atom stereocenters. The number of aryl methyl sites for hydroxylation is 2. The van der Waals surface area contributed by atoms with Gasteiger partial charge in [-0.05, 0) is 68.0 Å². The first-order chi connectivity index (χ1) is 13.2. The van der Waals surface area contributed by atoms with E-state index in [9.17, 15) is 13.2 Å². The molecule has 0 aliphatic carbocycles. The van der Waals surface area contributed by atoms with Gasteiger partial charge in [0.15, 0.2) is 0 Å². The Morgan fingerprint density at radius 3 is 2.18 bits per heavy atom. The number of piperidine rings is 1. The van der Waals surface area contributed by atoms with E-state index in [0.717, 1.165) is 23.2 Å². The van der Waals surface area contributed by atoms with Crippen LogP contribution in [-0.4, -0.2) is 31.7 Å². The molecule has 0 saturated carbocycles. The van der Waals surface area contributed by atoms with Gasteiger partial charge < -0.3 is 5.32 Å². The zero-order valence-corrected chi connectivity index (χ0v) is 17.7. The number of hydrogen-bond acceptors (Lipinski definition) is 3. The second kappa shape index (κ2) is 8.05. The summed E-state index contributed by atoms with van der Waals surface area (Å²) in [5.74, 6) is 0.443. The molecule has 2 aromatic rings. The predicted octanol–water partition coefficient (Wildman–Crippen LogP) is 4.22. The van der Waals surface area contributed by atoms with E-state index in [-0.39, 0.29) is 10.8 Å². The fourth-order valence-electron chi connectivity index (χ4n) is 3.88. The lowest BCUT2D eigenvalue weighted by Crippen LogP contribution is -2.42. The van der Waals surface area contributed by atoms with Crippen LogP contribution in [0.4, 0.5) is 5.69 Å². The van der Waals surface area contributed by atoms with Crippen LogP contribution in [0.1, 0.15) is 41.8 Å². The van der Waals surface area contributed by atoms with Crippen molar-refractivity contribution < 1.29 is 13.2 Å². The summed E-state index contributed by atoms with van der Waals surface area (Å²) >= 11 is 0. The smallest absolute Gasteiger partial charge is 0.255 e. The summed E-state index contributed by atoms with van der Waals surface area (Å²) in [7, 11) is -3.54. The molecule has 2 aromatic carbocycles. The van der Waals surface area contributed by atoms with E-state index in [2.05, 4.69) is 19.2 Å². The largest absolute Gasteiger partial charge is 0.322 e. The van der Waals surface area contributed by atoms with Crippen LogP contribution in [0, 0.1) is 25.7 Å². The normalized spacial score (nSPS) is 20.7. The number of rotatable bonds is 4. The van der Waals surface area contributed by atoms with Crippen molar-refractivity contribution in [2.75, 3.05) is 18.4 Å².